The van der Waals surface area contributed by atoms with E-state index in [9.17, 15) is 4.39 Å². The Morgan fingerprint density at radius 3 is 2.75 bits per heavy atom. The van der Waals surface area contributed by atoms with Gasteiger partial charge in [-0.05, 0) is 33.2 Å². The van der Waals surface area contributed by atoms with Gasteiger partial charge in [0, 0.05) is 19.1 Å². The molecule has 1 saturated heterocycles. The molecular weight excluding hydrogens is 155 g/mol. The molecule has 12 heavy (non-hydrogen) atoms. The lowest BCUT2D eigenvalue weighted by Crippen LogP contribution is -2.46. The molecular formula is C9H19FN2. The van der Waals surface area contributed by atoms with E-state index in [2.05, 4.69) is 4.90 Å². The summed E-state index contributed by atoms with van der Waals surface area (Å²) in [6.45, 7) is 5.61. The zero-order chi connectivity index (χ0) is 9.19. The molecule has 1 aliphatic rings. The van der Waals surface area contributed by atoms with Gasteiger partial charge in [-0.3, -0.25) is 4.90 Å². The first-order valence-corrected chi connectivity index (χ1v) is 4.64. The first-order chi connectivity index (χ1) is 5.47. The molecule has 0 aromatic heterocycles. The highest BCUT2D eigenvalue weighted by Crippen LogP contribution is 2.15. The molecule has 1 aliphatic heterocycles. The van der Waals surface area contributed by atoms with Gasteiger partial charge in [0.25, 0.3) is 0 Å². The second kappa shape index (κ2) is 3.71. The predicted molar refractivity (Wildman–Crippen MR) is 48.8 cm³/mol. The third-order valence-electron chi connectivity index (χ3n) is 2.14. The van der Waals surface area contributed by atoms with Gasteiger partial charge in [0.05, 0.1) is 0 Å². The topological polar surface area (TPSA) is 29.3 Å². The summed E-state index contributed by atoms with van der Waals surface area (Å²) in [4.78, 5) is 2.12. The third-order valence-corrected chi connectivity index (χ3v) is 2.14. The zero-order valence-electron chi connectivity index (χ0n) is 8.02. The number of hydrogen-bond donors (Lipinski definition) is 1. The van der Waals surface area contributed by atoms with Crippen molar-refractivity contribution in [2.75, 3.05) is 19.6 Å². The van der Waals surface area contributed by atoms with E-state index in [1.54, 1.807) is 13.8 Å². The molecule has 1 atom stereocenters. The minimum Gasteiger partial charge on any atom is -0.327 e. The molecule has 3 heteroatoms. The zero-order valence-corrected chi connectivity index (χ0v) is 8.02. The van der Waals surface area contributed by atoms with Gasteiger partial charge < -0.3 is 5.73 Å². The average molecular weight is 174 g/mol. The fourth-order valence-electron chi connectivity index (χ4n) is 1.77. The van der Waals surface area contributed by atoms with Crippen LogP contribution in [0.5, 0.6) is 0 Å². The lowest BCUT2D eigenvalue weighted by molar-refractivity contribution is 0.104. The second-order valence-corrected chi connectivity index (χ2v) is 4.36. The van der Waals surface area contributed by atoms with Crippen LogP contribution in [0.4, 0.5) is 4.39 Å². The molecule has 0 aromatic rings. The highest BCUT2D eigenvalue weighted by atomic mass is 19.1. The Morgan fingerprint density at radius 2 is 2.25 bits per heavy atom. The minimum atomic E-state index is -1.09. The van der Waals surface area contributed by atoms with E-state index in [1.807, 2.05) is 0 Å². The van der Waals surface area contributed by atoms with Crippen LogP contribution in [0.1, 0.15) is 26.7 Å². The van der Waals surface area contributed by atoms with E-state index in [1.165, 1.54) is 0 Å². The van der Waals surface area contributed by atoms with Crippen molar-refractivity contribution in [3.63, 3.8) is 0 Å². The van der Waals surface area contributed by atoms with Crippen molar-refractivity contribution in [2.45, 2.75) is 38.4 Å². The van der Waals surface area contributed by atoms with Gasteiger partial charge in [0.2, 0.25) is 0 Å². The number of nitrogens with two attached hydrogens (primary N) is 1. The van der Waals surface area contributed by atoms with Gasteiger partial charge in [-0.15, -0.1) is 0 Å². The van der Waals surface area contributed by atoms with Crippen LogP contribution in [-0.2, 0) is 0 Å². The number of rotatable bonds is 2. The summed E-state index contributed by atoms with van der Waals surface area (Å²) in [5.74, 6) is 0. The molecule has 72 valence electrons. The summed E-state index contributed by atoms with van der Waals surface area (Å²) in [7, 11) is 0. The summed E-state index contributed by atoms with van der Waals surface area (Å²) < 4.78 is 13.2. The molecule has 0 saturated carbocycles. The maximum Gasteiger partial charge on any atom is 0.118 e. The normalized spacial score (nSPS) is 27.5. The van der Waals surface area contributed by atoms with E-state index < -0.39 is 5.67 Å². The summed E-state index contributed by atoms with van der Waals surface area (Å²) >= 11 is 0. The Hall–Kier alpha value is -0.150. The van der Waals surface area contributed by atoms with Crippen LogP contribution in [0.25, 0.3) is 0 Å². The van der Waals surface area contributed by atoms with Crippen molar-refractivity contribution < 1.29 is 4.39 Å². The summed E-state index contributed by atoms with van der Waals surface area (Å²) in [6, 6.07) is 0.251. The van der Waals surface area contributed by atoms with Gasteiger partial charge in [-0.25, -0.2) is 4.39 Å². The fourth-order valence-corrected chi connectivity index (χ4v) is 1.77. The highest BCUT2D eigenvalue weighted by molar-refractivity contribution is 4.79. The smallest absolute Gasteiger partial charge is 0.118 e. The molecule has 1 fully saturated rings. The number of alkyl halides is 1. The molecule has 1 heterocycles. The molecule has 0 aliphatic carbocycles. The molecule has 2 N–H and O–H groups in total. The Bertz CT molecular complexity index is 142. The molecule has 0 aromatic carbocycles. The first kappa shape index (κ1) is 9.93. The fraction of sp³-hybridized carbons (Fsp3) is 1.00. The minimum absolute atomic E-state index is 0.251. The second-order valence-electron chi connectivity index (χ2n) is 4.36. The van der Waals surface area contributed by atoms with Crippen molar-refractivity contribution >= 4 is 0 Å². The largest absolute Gasteiger partial charge is 0.327 e. The first-order valence-electron chi connectivity index (χ1n) is 4.64. The van der Waals surface area contributed by atoms with E-state index in [4.69, 9.17) is 5.73 Å². The SMILES string of the molecule is CC(C)(F)CN1CCCC(N)C1. The maximum absolute atomic E-state index is 13.2. The quantitative estimate of drug-likeness (QED) is 0.680. The molecule has 0 spiro atoms. The van der Waals surface area contributed by atoms with Gasteiger partial charge in [-0.2, -0.15) is 0 Å². The Kier molecular flexibility index (Phi) is 3.07. The van der Waals surface area contributed by atoms with E-state index in [0.29, 0.717) is 6.54 Å². The van der Waals surface area contributed by atoms with E-state index in [-0.39, 0.29) is 6.04 Å². The predicted octanol–water partition coefficient (Wildman–Crippen LogP) is 1.16. The van der Waals surface area contributed by atoms with Crippen LogP contribution in [-0.4, -0.2) is 36.2 Å². The van der Waals surface area contributed by atoms with Crippen molar-refractivity contribution in [2.24, 2.45) is 5.73 Å². The van der Waals surface area contributed by atoms with Crippen molar-refractivity contribution in [1.82, 2.24) is 4.90 Å². The number of halogens is 1. The maximum atomic E-state index is 13.2. The summed E-state index contributed by atoms with van der Waals surface area (Å²) in [6.07, 6.45) is 2.19. The monoisotopic (exact) mass is 174 g/mol. The summed E-state index contributed by atoms with van der Waals surface area (Å²) in [5, 5.41) is 0. The Balaban J connectivity index is 2.32. The van der Waals surface area contributed by atoms with Crippen LogP contribution >= 0.6 is 0 Å². The van der Waals surface area contributed by atoms with Gasteiger partial charge in [0.15, 0.2) is 0 Å². The molecule has 0 amide bonds. The third kappa shape index (κ3) is 3.50. The van der Waals surface area contributed by atoms with E-state index >= 15 is 0 Å². The number of nitrogens with zero attached hydrogens (tertiary/aromatic N) is 1. The van der Waals surface area contributed by atoms with Crippen LogP contribution < -0.4 is 5.73 Å². The van der Waals surface area contributed by atoms with Crippen LogP contribution in [0, 0.1) is 0 Å². The van der Waals surface area contributed by atoms with Gasteiger partial charge in [0.1, 0.15) is 5.67 Å². The van der Waals surface area contributed by atoms with Crippen molar-refractivity contribution in [1.29, 1.82) is 0 Å². The number of hydrogen-bond acceptors (Lipinski definition) is 2. The van der Waals surface area contributed by atoms with Gasteiger partial charge in [-0.1, -0.05) is 0 Å². The Labute approximate surface area is 73.9 Å². The lowest BCUT2D eigenvalue weighted by Gasteiger charge is -2.33. The molecule has 1 unspecified atom stereocenters. The van der Waals surface area contributed by atoms with Crippen molar-refractivity contribution in [3.05, 3.63) is 0 Å². The van der Waals surface area contributed by atoms with Crippen LogP contribution in [0.15, 0.2) is 0 Å². The number of likely N-dealkylation sites (tertiary alicyclic amines) is 1. The molecule has 1 rings (SSSR count). The highest BCUT2D eigenvalue weighted by Gasteiger charge is 2.23. The van der Waals surface area contributed by atoms with Crippen molar-refractivity contribution in [3.8, 4) is 0 Å². The molecule has 2 nitrogen and oxygen atoms in total. The lowest BCUT2D eigenvalue weighted by atomic mass is 10.0. The summed E-state index contributed by atoms with van der Waals surface area (Å²) in [5.41, 5.74) is 4.69. The van der Waals surface area contributed by atoms with Crippen LogP contribution in [0.3, 0.4) is 0 Å². The average Bonchev–Trinajstić information content (AvgIpc) is 1.82. The Morgan fingerprint density at radius 1 is 1.58 bits per heavy atom. The van der Waals surface area contributed by atoms with E-state index in [0.717, 1.165) is 25.9 Å². The van der Waals surface area contributed by atoms with Crippen LogP contribution in [0.2, 0.25) is 0 Å². The van der Waals surface area contributed by atoms with Gasteiger partial charge >= 0.3 is 0 Å². The standard InChI is InChI=1S/C9H19FN2/c1-9(2,10)7-12-5-3-4-8(11)6-12/h8H,3-7,11H2,1-2H3. The number of piperidine rings is 1. The molecule has 0 bridgehead atoms. The molecule has 0 radical (unpaired) electrons.